The first kappa shape index (κ1) is 18.4. The second kappa shape index (κ2) is 7.55. The molecule has 0 unspecified atom stereocenters. The fourth-order valence-corrected chi connectivity index (χ4v) is 3.02. The molecule has 0 aliphatic rings. The summed E-state index contributed by atoms with van der Waals surface area (Å²) < 4.78 is 12.6. The third-order valence-corrected chi connectivity index (χ3v) is 4.40. The first-order chi connectivity index (χ1) is 14.1. The van der Waals surface area contributed by atoms with Crippen LogP contribution in [0.4, 0.5) is 0 Å². The maximum absolute atomic E-state index is 13.1. The van der Waals surface area contributed by atoms with Crippen molar-refractivity contribution in [2.45, 2.75) is 13.1 Å². The summed E-state index contributed by atoms with van der Waals surface area (Å²) in [7, 11) is 1.25. The monoisotopic (exact) mass is 392 g/mol. The van der Waals surface area contributed by atoms with Crippen LogP contribution in [0.3, 0.4) is 0 Å². The summed E-state index contributed by atoms with van der Waals surface area (Å²) in [4.78, 5) is 46.0. The van der Waals surface area contributed by atoms with Crippen LogP contribution in [0.5, 0.6) is 0 Å². The van der Waals surface area contributed by atoms with E-state index in [0.717, 1.165) is 4.57 Å². The zero-order chi connectivity index (χ0) is 20.4. The third-order valence-electron chi connectivity index (χ3n) is 4.40. The van der Waals surface area contributed by atoms with Crippen molar-refractivity contribution in [3.63, 3.8) is 0 Å². The molecular weight excluding hydrogens is 376 g/mol. The van der Waals surface area contributed by atoms with Gasteiger partial charge in [-0.05, 0) is 36.4 Å². The molecular formula is C20H16N4O5. The molecule has 0 aliphatic heterocycles. The second-order valence-corrected chi connectivity index (χ2v) is 6.21. The highest BCUT2D eigenvalue weighted by Gasteiger charge is 2.17. The van der Waals surface area contributed by atoms with Gasteiger partial charge in [0.2, 0.25) is 5.76 Å². The third kappa shape index (κ3) is 3.45. The Hall–Kier alpha value is -4.01. The minimum Gasteiger partial charge on any atom is -0.463 e. The van der Waals surface area contributed by atoms with Crippen LogP contribution in [0.25, 0.3) is 11.0 Å². The lowest BCUT2D eigenvalue weighted by Crippen LogP contribution is -2.41. The Morgan fingerprint density at radius 2 is 1.83 bits per heavy atom. The number of methoxy groups -OCH3 is 1. The van der Waals surface area contributed by atoms with E-state index in [0.29, 0.717) is 17.0 Å². The highest BCUT2D eigenvalue weighted by molar-refractivity contribution is 5.86. The summed E-state index contributed by atoms with van der Waals surface area (Å²) >= 11 is 0. The fraction of sp³-hybridized carbons (Fsp3) is 0.150. The van der Waals surface area contributed by atoms with Gasteiger partial charge < -0.3 is 9.15 Å². The fourth-order valence-electron chi connectivity index (χ4n) is 3.02. The summed E-state index contributed by atoms with van der Waals surface area (Å²) in [5, 5.41) is 0. The number of hydrogen-bond acceptors (Lipinski definition) is 7. The zero-order valence-electron chi connectivity index (χ0n) is 15.4. The molecule has 0 aromatic carbocycles. The first-order valence-corrected chi connectivity index (χ1v) is 8.74. The molecule has 0 fully saturated rings. The van der Waals surface area contributed by atoms with E-state index in [1.165, 1.54) is 23.9 Å². The van der Waals surface area contributed by atoms with Gasteiger partial charge in [-0.15, -0.1) is 0 Å². The van der Waals surface area contributed by atoms with Crippen LogP contribution in [-0.2, 0) is 17.8 Å². The van der Waals surface area contributed by atoms with E-state index in [4.69, 9.17) is 4.42 Å². The highest BCUT2D eigenvalue weighted by Crippen LogP contribution is 2.13. The Morgan fingerprint density at radius 1 is 1.00 bits per heavy atom. The van der Waals surface area contributed by atoms with E-state index in [1.807, 2.05) is 0 Å². The van der Waals surface area contributed by atoms with Gasteiger partial charge in [-0.1, -0.05) is 6.07 Å². The second-order valence-electron chi connectivity index (χ2n) is 6.21. The van der Waals surface area contributed by atoms with E-state index in [-0.39, 0.29) is 24.4 Å². The van der Waals surface area contributed by atoms with Crippen molar-refractivity contribution in [3.05, 3.63) is 92.9 Å². The molecule has 0 amide bonds. The lowest BCUT2D eigenvalue weighted by molar-refractivity contribution is 0.0563. The van der Waals surface area contributed by atoms with E-state index < -0.39 is 17.2 Å². The minimum absolute atomic E-state index is 0.0105. The molecule has 0 N–H and O–H groups in total. The van der Waals surface area contributed by atoms with Gasteiger partial charge in [-0.3, -0.25) is 18.9 Å². The van der Waals surface area contributed by atoms with Gasteiger partial charge in [0.25, 0.3) is 5.56 Å². The molecule has 0 atom stereocenters. The highest BCUT2D eigenvalue weighted by atomic mass is 16.5. The van der Waals surface area contributed by atoms with Gasteiger partial charge in [-0.25, -0.2) is 14.6 Å². The van der Waals surface area contributed by atoms with E-state index >= 15 is 0 Å². The predicted molar refractivity (Wildman–Crippen MR) is 103 cm³/mol. The summed E-state index contributed by atoms with van der Waals surface area (Å²) in [5.41, 5.74) is 0.0671. The number of hydrogen-bond donors (Lipinski definition) is 0. The maximum atomic E-state index is 13.1. The lowest BCUT2D eigenvalue weighted by Gasteiger charge is -2.12. The Morgan fingerprint density at radius 3 is 2.59 bits per heavy atom. The Balaban J connectivity index is 1.84. The lowest BCUT2D eigenvalue weighted by atomic mass is 10.3. The molecule has 4 aromatic heterocycles. The Labute approximate surface area is 163 Å². The molecule has 9 heteroatoms. The van der Waals surface area contributed by atoms with E-state index in [2.05, 4.69) is 14.7 Å². The van der Waals surface area contributed by atoms with Gasteiger partial charge in [0, 0.05) is 12.4 Å². The topological polar surface area (TPSA) is 109 Å². The smallest absolute Gasteiger partial charge is 0.373 e. The summed E-state index contributed by atoms with van der Waals surface area (Å²) in [6.45, 7) is 0.0249. The van der Waals surface area contributed by atoms with Gasteiger partial charge in [0.1, 0.15) is 5.76 Å². The van der Waals surface area contributed by atoms with Gasteiger partial charge in [0.15, 0.2) is 5.52 Å². The van der Waals surface area contributed by atoms with Crippen LogP contribution < -0.4 is 11.2 Å². The molecule has 0 radical (unpaired) electrons. The van der Waals surface area contributed by atoms with Gasteiger partial charge in [0.05, 0.1) is 31.4 Å². The Kier molecular flexibility index (Phi) is 4.78. The van der Waals surface area contributed by atoms with Crippen molar-refractivity contribution in [3.8, 4) is 0 Å². The molecule has 4 aromatic rings. The van der Waals surface area contributed by atoms with Crippen LogP contribution in [0.1, 0.15) is 22.0 Å². The molecule has 0 bridgehead atoms. The van der Waals surface area contributed by atoms with Crippen LogP contribution in [-0.4, -0.2) is 32.2 Å². The largest absolute Gasteiger partial charge is 0.463 e. The van der Waals surface area contributed by atoms with E-state index in [9.17, 15) is 14.4 Å². The number of carbonyl (C=O) groups excluding carboxylic acids is 1. The van der Waals surface area contributed by atoms with Crippen molar-refractivity contribution < 1.29 is 13.9 Å². The molecule has 0 spiro atoms. The summed E-state index contributed by atoms with van der Waals surface area (Å²) in [6.07, 6.45) is 3.08. The summed E-state index contributed by atoms with van der Waals surface area (Å²) in [5.74, 6) is -0.226. The molecule has 0 aliphatic carbocycles. The molecule has 9 nitrogen and oxygen atoms in total. The zero-order valence-corrected chi connectivity index (χ0v) is 15.4. The summed E-state index contributed by atoms with van der Waals surface area (Å²) in [6, 6.07) is 11.6. The molecule has 29 heavy (non-hydrogen) atoms. The molecule has 0 saturated carbocycles. The van der Waals surface area contributed by atoms with Gasteiger partial charge >= 0.3 is 11.7 Å². The number of esters is 1. The molecule has 4 rings (SSSR count). The van der Waals surface area contributed by atoms with Crippen molar-refractivity contribution in [2.24, 2.45) is 0 Å². The predicted octanol–water partition coefficient (Wildman–Crippen LogP) is 1.43. The van der Waals surface area contributed by atoms with Crippen LogP contribution in [0, 0.1) is 0 Å². The number of aromatic nitrogens is 4. The van der Waals surface area contributed by atoms with Crippen molar-refractivity contribution in [1.82, 2.24) is 19.1 Å². The number of ether oxygens (including phenoxy) is 1. The number of rotatable bonds is 5. The van der Waals surface area contributed by atoms with Crippen molar-refractivity contribution in [1.29, 1.82) is 0 Å². The minimum atomic E-state index is -0.616. The van der Waals surface area contributed by atoms with Crippen LogP contribution in [0.15, 0.2) is 68.9 Å². The van der Waals surface area contributed by atoms with Crippen LogP contribution >= 0.6 is 0 Å². The number of pyridine rings is 2. The normalized spacial score (nSPS) is 10.9. The van der Waals surface area contributed by atoms with Gasteiger partial charge in [-0.2, -0.15) is 0 Å². The molecule has 146 valence electrons. The average molecular weight is 392 g/mol. The average Bonchev–Trinajstić information content (AvgIpc) is 3.23. The number of fused-ring (bicyclic) bond motifs is 1. The molecule has 0 saturated heterocycles. The number of furan rings is 1. The Bertz CT molecular complexity index is 1300. The quantitative estimate of drug-likeness (QED) is 0.473. The van der Waals surface area contributed by atoms with E-state index in [1.54, 1.807) is 42.6 Å². The number of carbonyl (C=O) groups is 1. The SMILES string of the molecule is COC(=O)c1ccc(Cn2c(=O)n(Cc3ccccn3)c(=O)c3ncccc32)o1. The van der Waals surface area contributed by atoms with Crippen LogP contribution in [0.2, 0.25) is 0 Å². The maximum Gasteiger partial charge on any atom is 0.373 e. The van der Waals surface area contributed by atoms with Crippen molar-refractivity contribution in [2.75, 3.05) is 7.11 Å². The molecule has 4 heterocycles. The standard InChI is InChI=1S/C20H16N4O5/c1-28-19(26)16-8-7-14(29-16)12-23-15-6-4-10-22-17(15)18(25)24(20(23)27)11-13-5-2-3-9-21-13/h2-10H,11-12H2,1H3. The van der Waals surface area contributed by atoms with Crippen molar-refractivity contribution >= 4 is 17.0 Å². The number of nitrogens with zero attached hydrogens (tertiary/aromatic N) is 4. The first-order valence-electron chi connectivity index (χ1n) is 8.74.